The van der Waals surface area contributed by atoms with Crippen LogP contribution in [-0.4, -0.2) is 47.7 Å². The monoisotopic (exact) mass is 344 g/mol. The van der Waals surface area contributed by atoms with Crippen LogP contribution in [0.2, 0.25) is 0 Å². The minimum atomic E-state index is -0.616. The maximum atomic E-state index is 13.8. The Morgan fingerprint density at radius 1 is 1.20 bits per heavy atom. The smallest absolute Gasteiger partial charge is 0.291 e. The summed E-state index contributed by atoms with van der Waals surface area (Å²) in [6.45, 7) is 3.84. The van der Waals surface area contributed by atoms with Crippen LogP contribution in [0.4, 0.5) is 14.6 Å². The molecule has 3 saturated heterocycles. The number of anilines is 1. The van der Waals surface area contributed by atoms with Crippen molar-refractivity contribution in [3.8, 4) is 0 Å². The molecule has 3 fully saturated rings. The zero-order chi connectivity index (χ0) is 17.0. The van der Waals surface area contributed by atoms with Crippen LogP contribution in [-0.2, 0) is 4.74 Å². The first-order valence-electron chi connectivity index (χ1n) is 8.59. The molecule has 0 saturated carbocycles. The van der Waals surface area contributed by atoms with E-state index >= 15 is 0 Å². The van der Waals surface area contributed by atoms with E-state index in [0.29, 0.717) is 29.7 Å². The van der Waals surface area contributed by atoms with E-state index in [1.165, 1.54) is 12.3 Å². The number of nitrogens with zero attached hydrogens (tertiary/aromatic N) is 3. The van der Waals surface area contributed by atoms with Gasteiger partial charge in [-0.2, -0.15) is 0 Å². The maximum Gasteiger partial charge on any atom is 0.291 e. The Bertz CT molecular complexity index is 879. The van der Waals surface area contributed by atoms with Crippen molar-refractivity contribution in [1.29, 1.82) is 0 Å². The molecular formula is C18H18F2N4O. The summed E-state index contributed by atoms with van der Waals surface area (Å²) in [5, 5.41) is 3.79. The van der Waals surface area contributed by atoms with Gasteiger partial charge in [-0.15, -0.1) is 0 Å². The number of nitrogens with one attached hydrogen (secondary N) is 1. The molecule has 4 aliphatic heterocycles. The molecule has 2 aromatic rings. The first-order valence-corrected chi connectivity index (χ1v) is 8.59. The molecular weight excluding hydrogens is 326 g/mol. The van der Waals surface area contributed by atoms with Crippen molar-refractivity contribution >= 4 is 22.6 Å². The summed E-state index contributed by atoms with van der Waals surface area (Å²) in [6.07, 6.45) is 3.69. The second-order valence-corrected chi connectivity index (χ2v) is 7.14. The van der Waals surface area contributed by atoms with Crippen LogP contribution >= 0.6 is 0 Å². The Hall–Kier alpha value is -2.28. The molecule has 1 atom stereocenters. The molecule has 25 heavy (non-hydrogen) atoms. The van der Waals surface area contributed by atoms with Crippen LogP contribution in [0.25, 0.3) is 10.8 Å². The minimum Gasteiger partial charge on any atom is -0.455 e. The molecule has 7 heteroatoms. The second-order valence-electron chi connectivity index (χ2n) is 7.14. The number of piperidine rings is 3. The van der Waals surface area contributed by atoms with Gasteiger partial charge in [0.15, 0.2) is 0 Å². The highest BCUT2D eigenvalue weighted by molar-refractivity contribution is 5.92. The van der Waals surface area contributed by atoms with Gasteiger partial charge in [0, 0.05) is 30.1 Å². The minimum absolute atomic E-state index is 0.228. The van der Waals surface area contributed by atoms with Crippen molar-refractivity contribution in [3.63, 3.8) is 0 Å². The van der Waals surface area contributed by atoms with E-state index in [2.05, 4.69) is 20.2 Å². The molecule has 130 valence electrons. The van der Waals surface area contributed by atoms with Gasteiger partial charge >= 0.3 is 0 Å². The molecule has 2 bridgehead atoms. The fourth-order valence-electron chi connectivity index (χ4n) is 4.30. The number of hydrogen-bond donors (Lipinski definition) is 1. The number of rotatable bonds is 1. The Kier molecular flexibility index (Phi) is 3.22. The van der Waals surface area contributed by atoms with Crippen LogP contribution in [0, 0.1) is 17.6 Å². The Morgan fingerprint density at radius 3 is 2.80 bits per heavy atom. The Morgan fingerprint density at radius 2 is 2.04 bits per heavy atom. The zero-order valence-electron chi connectivity index (χ0n) is 13.6. The molecule has 1 aromatic heterocycles. The summed E-state index contributed by atoms with van der Waals surface area (Å²) in [5.74, 6) is -0.222. The Balaban J connectivity index is 1.37. The number of pyridine rings is 1. The highest BCUT2D eigenvalue weighted by Crippen LogP contribution is 2.40. The largest absolute Gasteiger partial charge is 0.455 e. The quantitative estimate of drug-likeness (QED) is 0.864. The predicted molar refractivity (Wildman–Crippen MR) is 90.6 cm³/mol. The molecule has 1 spiro atoms. The van der Waals surface area contributed by atoms with E-state index < -0.39 is 11.6 Å². The van der Waals surface area contributed by atoms with Gasteiger partial charge in [0.25, 0.3) is 6.02 Å². The molecule has 0 unspecified atom stereocenters. The normalized spacial score (nSPS) is 30.6. The number of amidine groups is 1. The number of halogens is 2. The van der Waals surface area contributed by atoms with E-state index in [9.17, 15) is 8.78 Å². The summed E-state index contributed by atoms with van der Waals surface area (Å²) in [6, 6.07) is 4.20. The fraction of sp³-hybridized carbons (Fsp3) is 0.444. The summed E-state index contributed by atoms with van der Waals surface area (Å²) in [5.41, 5.74) is -0.228. The lowest BCUT2D eigenvalue weighted by Crippen LogP contribution is -2.61. The summed E-state index contributed by atoms with van der Waals surface area (Å²) < 4.78 is 33.4. The number of benzene rings is 1. The van der Waals surface area contributed by atoms with Crippen molar-refractivity contribution in [2.75, 3.05) is 31.5 Å². The molecule has 5 nitrogen and oxygen atoms in total. The van der Waals surface area contributed by atoms with Crippen molar-refractivity contribution in [1.82, 2.24) is 9.88 Å². The average Bonchev–Trinajstić information content (AvgIpc) is 2.97. The molecule has 0 amide bonds. The van der Waals surface area contributed by atoms with Crippen molar-refractivity contribution in [2.24, 2.45) is 10.9 Å². The topological polar surface area (TPSA) is 49.8 Å². The molecule has 6 rings (SSSR count). The lowest BCUT2D eigenvalue weighted by atomic mass is 9.75. The molecule has 0 radical (unpaired) electrons. The van der Waals surface area contributed by atoms with Crippen LogP contribution in [0.3, 0.4) is 0 Å². The van der Waals surface area contributed by atoms with Crippen molar-refractivity contribution < 1.29 is 13.5 Å². The number of ether oxygens (including phenoxy) is 1. The Labute approximate surface area is 143 Å². The maximum absolute atomic E-state index is 13.8. The van der Waals surface area contributed by atoms with E-state index in [1.54, 1.807) is 6.07 Å². The van der Waals surface area contributed by atoms with Gasteiger partial charge in [0.05, 0.1) is 6.54 Å². The fourth-order valence-corrected chi connectivity index (χ4v) is 4.30. The predicted octanol–water partition coefficient (Wildman–Crippen LogP) is 2.78. The summed E-state index contributed by atoms with van der Waals surface area (Å²) in [7, 11) is 0. The van der Waals surface area contributed by atoms with E-state index in [1.807, 2.05) is 0 Å². The highest BCUT2D eigenvalue weighted by Gasteiger charge is 2.51. The van der Waals surface area contributed by atoms with Crippen LogP contribution in [0.1, 0.15) is 12.8 Å². The third kappa shape index (κ3) is 2.45. The second kappa shape index (κ2) is 5.36. The lowest BCUT2D eigenvalue weighted by molar-refractivity contribution is -0.0829. The van der Waals surface area contributed by atoms with Gasteiger partial charge in [-0.1, -0.05) is 0 Å². The average molecular weight is 344 g/mol. The zero-order valence-corrected chi connectivity index (χ0v) is 13.6. The molecule has 5 heterocycles. The van der Waals surface area contributed by atoms with Crippen LogP contribution < -0.4 is 5.32 Å². The van der Waals surface area contributed by atoms with Gasteiger partial charge in [-0.25, -0.2) is 18.8 Å². The van der Waals surface area contributed by atoms with Gasteiger partial charge in [-0.3, -0.25) is 10.2 Å². The summed E-state index contributed by atoms with van der Waals surface area (Å²) >= 11 is 0. The lowest BCUT2D eigenvalue weighted by Gasteiger charge is -2.50. The third-order valence-electron chi connectivity index (χ3n) is 5.60. The first kappa shape index (κ1) is 15.0. The van der Waals surface area contributed by atoms with Gasteiger partial charge in [0.1, 0.15) is 23.1 Å². The van der Waals surface area contributed by atoms with Crippen LogP contribution in [0.5, 0.6) is 0 Å². The van der Waals surface area contributed by atoms with Gasteiger partial charge < -0.3 is 4.74 Å². The van der Waals surface area contributed by atoms with Gasteiger partial charge in [0.2, 0.25) is 0 Å². The molecule has 4 aliphatic rings. The van der Waals surface area contributed by atoms with Gasteiger partial charge in [-0.05, 0) is 43.5 Å². The summed E-state index contributed by atoms with van der Waals surface area (Å²) in [4.78, 5) is 11.1. The third-order valence-corrected chi connectivity index (χ3v) is 5.60. The number of fused-ring (bicyclic) bond motifs is 3. The number of aromatic nitrogens is 1. The number of aliphatic imine (C=N–C) groups is 1. The van der Waals surface area contributed by atoms with E-state index in [0.717, 1.165) is 38.5 Å². The highest BCUT2D eigenvalue weighted by atomic mass is 19.1. The van der Waals surface area contributed by atoms with Crippen LogP contribution in [0.15, 0.2) is 29.4 Å². The van der Waals surface area contributed by atoms with Crippen molar-refractivity contribution in [2.45, 2.75) is 18.4 Å². The first-order chi connectivity index (χ1) is 12.1. The number of hydrogen-bond acceptors (Lipinski definition) is 5. The molecule has 1 aromatic carbocycles. The standard InChI is InChI=1S/C18H18F2N4O/c19-13-5-11-6-16(21-8-14(11)15(20)7-13)23-17-22-9-18(25-17)10-24-3-1-12(18)2-4-24/h5-8,12H,1-4,9-10H2,(H,21,22,23)/t18-/m0/s1. The molecule has 1 N–H and O–H groups in total. The van der Waals surface area contributed by atoms with E-state index in [4.69, 9.17) is 4.74 Å². The molecule has 0 aliphatic carbocycles. The van der Waals surface area contributed by atoms with Crippen molar-refractivity contribution in [3.05, 3.63) is 36.0 Å². The SMILES string of the molecule is Fc1cc(F)c2cnc(NC3=NC[C@@]4(CN5CCC4CC5)O3)cc2c1. The van der Waals surface area contributed by atoms with E-state index in [-0.39, 0.29) is 11.0 Å².